The monoisotopic (exact) mass is 443 g/mol. The number of carbonyl (C=O) groups is 2. The van der Waals surface area contributed by atoms with E-state index in [0.717, 1.165) is 62.8 Å². The summed E-state index contributed by atoms with van der Waals surface area (Å²) >= 11 is 0. The van der Waals surface area contributed by atoms with E-state index in [1.54, 1.807) is 16.2 Å². The highest BCUT2D eigenvalue weighted by Gasteiger charge is 2.28. The van der Waals surface area contributed by atoms with Gasteiger partial charge in [0.1, 0.15) is 12.1 Å². The highest BCUT2D eigenvalue weighted by molar-refractivity contribution is 5.84. The molecular weight excluding hydrogens is 410 g/mol. The maximum atomic E-state index is 12.9. The third-order valence-electron chi connectivity index (χ3n) is 6.72. The molecule has 0 aliphatic carbocycles. The van der Waals surface area contributed by atoms with Crippen molar-refractivity contribution in [3.63, 3.8) is 0 Å². The molecule has 174 valence electrons. The largest absolute Gasteiger partial charge is 0.480 e. The van der Waals surface area contributed by atoms with Crippen LogP contribution in [0.1, 0.15) is 43.7 Å². The van der Waals surface area contributed by atoms with Gasteiger partial charge in [-0.1, -0.05) is 12.5 Å². The Labute approximate surface area is 187 Å². The maximum Gasteiger partial charge on any atom is 0.329 e. The zero-order valence-corrected chi connectivity index (χ0v) is 18.7. The van der Waals surface area contributed by atoms with Crippen molar-refractivity contribution in [2.75, 3.05) is 32.7 Å². The predicted molar refractivity (Wildman–Crippen MR) is 122 cm³/mol. The third kappa shape index (κ3) is 4.73. The van der Waals surface area contributed by atoms with Crippen LogP contribution in [0, 0.1) is 0 Å². The number of amides is 1. The molecule has 2 unspecified atom stereocenters. The molecule has 4 rings (SSSR count). The molecule has 2 aliphatic heterocycles. The van der Waals surface area contributed by atoms with E-state index < -0.39 is 18.1 Å². The standard InChI is InChI=1S/C23H33N5O4/c1-26-20-14-16(6-3-2-4-12-27-13-11-24-17(15-27)22(30)31)8-9-18(20)28(23(26)32)19-7-5-10-25-21(19)29/h8-9,14,17,19,24H,2-7,10-13,15H2,1H3,(H,25,29)(H,30,31). The summed E-state index contributed by atoms with van der Waals surface area (Å²) in [4.78, 5) is 38.5. The first-order valence-electron chi connectivity index (χ1n) is 11.6. The number of imidazole rings is 1. The Morgan fingerprint density at radius 3 is 2.78 bits per heavy atom. The Hall–Kier alpha value is -2.65. The first-order chi connectivity index (χ1) is 15.5. The van der Waals surface area contributed by atoms with Gasteiger partial charge in [-0.05, 0) is 56.3 Å². The van der Waals surface area contributed by atoms with E-state index >= 15 is 0 Å². The number of carboxylic acids is 1. The number of fused-ring (bicyclic) bond motifs is 1. The number of nitrogens with one attached hydrogen (secondary N) is 2. The Kier molecular flexibility index (Phi) is 6.95. The number of benzene rings is 1. The van der Waals surface area contributed by atoms with E-state index in [0.29, 0.717) is 19.5 Å². The van der Waals surface area contributed by atoms with Crippen LogP contribution >= 0.6 is 0 Å². The summed E-state index contributed by atoms with van der Waals surface area (Å²) in [5.41, 5.74) is 2.72. The number of rotatable bonds is 8. The number of carboxylic acid groups (broad SMARTS) is 1. The summed E-state index contributed by atoms with van der Waals surface area (Å²) in [7, 11) is 1.77. The highest BCUT2D eigenvalue weighted by Crippen LogP contribution is 2.24. The Morgan fingerprint density at radius 1 is 1.16 bits per heavy atom. The number of hydrogen-bond acceptors (Lipinski definition) is 5. The van der Waals surface area contributed by atoms with Gasteiger partial charge in [0.15, 0.2) is 0 Å². The molecule has 0 saturated carbocycles. The van der Waals surface area contributed by atoms with E-state index in [4.69, 9.17) is 5.11 Å². The molecule has 32 heavy (non-hydrogen) atoms. The lowest BCUT2D eigenvalue weighted by Gasteiger charge is -2.31. The number of carbonyl (C=O) groups excluding carboxylic acids is 1. The zero-order valence-electron chi connectivity index (χ0n) is 18.7. The highest BCUT2D eigenvalue weighted by atomic mass is 16.4. The quantitative estimate of drug-likeness (QED) is 0.523. The van der Waals surface area contributed by atoms with Crippen molar-refractivity contribution >= 4 is 22.9 Å². The SMILES string of the molecule is Cn1c(=O)n(C2CCCNC2=O)c2ccc(CCCCCN3CCNC(C(=O)O)C3)cc21. The molecule has 2 aliphatic rings. The van der Waals surface area contributed by atoms with Crippen molar-refractivity contribution in [1.29, 1.82) is 0 Å². The third-order valence-corrected chi connectivity index (χ3v) is 6.72. The second-order valence-electron chi connectivity index (χ2n) is 8.94. The number of nitrogens with zero attached hydrogens (tertiary/aromatic N) is 3. The molecule has 9 nitrogen and oxygen atoms in total. The second kappa shape index (κ2) is 9.87. The summed E-state index contributed by atoms with van der Waals surface area (Å²) in [6, 6.07) is 5.21. The van der Waals surface area contributed by atoms with Crippen LogP contribution in [0.4, 0.5) is 0 Å². The minimum atomic E-state index is -0.780. The van der Waals surface area contributed by atoms with Crippen LogP contribution in [0.25, 0.3) is 11.0 Å². The van der Waals surface area contributed by atoms with Crippen LogP contribution in [-0.4, -0.2) is 69.8 Å². The van der Waals surface area contributed by atoms with Gasteiger partial charge < -0.3 is 15.7 Å². The smallest absolute Gasteiger partial charge is 0.329 e. The number of aryl methyl sites for hydroxylation is 2. The average Bonchev–Trinajstić information content (AvgIpc) is 3.04. The number of piperidine rings is 1. The Bertz CT molecular complexity index is 1040. The van der Waals surface area contributed by atoms with Crippen LogP contribution in [0.15, 0.2) is 23.0 Å². The van der Waals surface area contributed by atoms with Gasteiger partial charge in [-0.3, -0.25) is 23.6 Å². The van der Waals surface area contributed by atoms with Gasteiger partial charge in [0.25, 0.3) is 0 Å². The van der Waals surface area contributed by atoms with Gasteiger partial charge in [0.05, 0.1) is 11.0 Å². The lowest BCUT2D eigenvalue weighted by atomic mass is 10.0. The lowest BCUT2D eigenvalue weighted by Crippen LogP contribution is -2.54. The fourth-order valence-electron chi connectivity index (χ4n) is 4.89. The molecule has 2 saturated heterocycles. The van der Waals surface area contributed by atoms with E-state index in [-0.39, 0.29) is 11.6 Å². The van der Waals surface area contributed by atoms with E-state index in [2.05, 4.69) is 27.7 Å². The van der Waals surface area contributed by atoms with Crippen LogP contribution in [0.3, 0.4) is 0 Å². The molecule has 1 amide bonds. The number of unbranched alkanes of at least 4 members (excludes halogenated alkanes) is 2. The molecule has 3 heterocycles. The van der Waals surface area contributed by atoms with Crippen molar-refractivity contribution in [1.82, 2.24) is 24.7 Å². The molecule has 3 N–H and O–H groups in total. The molecule has 0 radical (unpaired) electrons. The van der Waals surface area contributed by atoms with Crippen molar-refractivity contribution in [3.8, 4) is 0 Å². The molecule has 0 spiro atoms. The maximum absolute atomic E-state index is 12.9. The van der Waals surface area contributed by atoms with Gasteiger partial charge in [-0.2, -0.15) is 0 Å². The fraction of sp³-hybridized carbons (Fsp3) is 0.609. The minimum absolute atomic E-state index is 0.0749. The number of hydrogen-bond donors (Lipinski definition) is 3. The van der Waals surface area contributed by atoms with Crippen molar-refractivity contribution in [3.05, 3.63) is 34.2 Å². The van der Waals surface area contributed by atoms with E-state index in [1.807, 2.05) is 6.07 Å². The fourth-order valence-corrected chi connectivity index (χ4v) is 4.89. The Morgan fingerprint density at radius 2 is 2.00 bits per heavy atom. The normalized spacial score (nSPS) is 22.2. The Balaban J connectivity index is 1.33. The van der Waals surface area contributed by atoms with Crippen molar-refractivity contribution in [2.45, 2.75) is 50.6 Å². The zero-order chi connectivity index (χ0) is 22.7. The first-order valence-corrected chi connectivity index (χ1v) is 11.6. The number of aromatic nitrogens is 2. The van der Waals surface area contributed by atoms with Gasteiger partial charge in [-0.25, -0.2) is 4.79 Å². The summed E-state index contributed by atoms with van der Waals surface area (Å²) in [6.07, 6.45) is 5.65. The second-order valence-corrected chi connectivity index (χ2v) is 8.94. The molecule has 1 aromatic carbocycles. The summed E-state index contributed by atoms with van der Waals surface area (Å²) < 4.78 is 3.29. The summed E-state index contributed by atoms with van der Waals surface area (Å²) in [6.45, 7) is 3.78. The molecule has 0 bridgehead atoms. The molecule has 2 atom stereocenters. The summed E-state index contributed by atoms with van der Waals surface area (Å²) in [5, 5.41) is 15.1. The minimum Gasteiger partial charge on any atom is -0.480 e. The first kappa shape index (κ1) is 22.5. The molecule has 2 fully saturated rings. The average molecular weight is 444 g/mol. The van der Waals surface area contributed by atoms with Gasteiger partial charge in [0, 0.05) is 33.2 Å². The van der Waals surface area contributed by atoms with Crippen LogP contribution in [0.5, 0.6) is 0 Å². The topological polar surface area (TPSA) is 109 Å². The number of piperazine rings is 1. The van der Waals surface area contributed by atoms with E-state index in [9.17, 15) is 14.4 Å². The van der Waals surface area contributed by atoms with Gasteiger partial charge in [-0.15, -0.1) is 0 Å². The molecule has 1 aromatic heterocycles. The van der Waals surface area contributed by atoms with E-state index in [1.165, 1.54) is 5.56 Å². The van der Waals surface area contributed by atoms with Crippen molar-refractivity contribution in [2.24, 2.45) is 7.05 Å². The predicted octanol–water partition coefficient (Wildman–Crippen LogP) is 0.862. The van der Waals surface area contributed by atoms with Crippen molar-refractivity contribution < 1.29 is 14.7 Å². The van der Waals surface area contributed by atoms with Crippen LogP contribution < -0.4 is 16.3 Å². The molecule has 9 heteroatoms. The molecular formula is C23H33N5O4. The van der Waals surface area contributed by atoms with Gasteiger partial charge in [0.2, 0.25) is 5.91 Å². The van der Waals surface area contributed by atoms with Gasteiger partial charge >= 0.3 is 11.7 Å². The molecule has 2 aromatic rings. The van der Waals surface area contributed by atoms with Crippen LogP contribution in [-0.2, 0) is 23.1 Å². The summed E-state index contributed by atoms with van der Waals surface area (Å²) in [5.74, 6) is -0.855. The lowest BCUT2D eigenvalue weighted by molar-refractivity contribution is -0.140. The van der Waals surface area contributed by atoms with Crippen LogP contribution in [0.2, 0.25) is 0 Å². The number of aliphatic carboxylic acids is 1.